The quantitative estimate of drug-likeness (QED) is 0.740. The molecule has 0 radical (unpaired) electrons. The number of rotatable bonds is 5. The maximum atomic E-state index is 13.3. The summed E-state index contributed by atoms with van der Waals surface area (Å²) in [5.41, 5.74) is 2.91. The van der Waals surface area contributed by atoms with E-state index in [-0.39, 0.29) is 11.8 Å². The minimum Gasteiger partial charge on any atom is -0.493 e. The van der Waals surface area contributed by atoms with Crippen LogP contribution >= 0.6 is 0 Å². The summed E-state index contributed by atoms with van der Waals surface area (Å²) in [6, 6.07) is 3.43. The van der Waals surface area contributed by atoms with E-state index in [2.05, 4.69) is 12.1 Å². The van der Waals surface area contributed by atoms with Crippen molar-refractivity contribution in [2.24, 2.45) is 5.92 Å². The van der Waals surface area contributed by atoms with Gasteiger partial charge in [0.15, 0.2) is 11.5 Å². The van der Waals surface area contributed by atoms with Crippen molar-refractivity contribution in [3.8, 4) is 17.2 Å². The fourth-order valence-corrected chi connectivity index (χ4v) is 4.69. The highest BCUT2D eigenvalue weighted by atomic mass is 16.5. The molecular formula is C23H30N2O5. The van der Waals surface area contributed by atoms with E-state index >= 15 is 0 Å². The molecule has 1 amide bonds. The number of ether oxygens (including phenoxy) is 3. The van der Waals surface area contributed by atoms with Crippen LogP contribution in [0.4, 0.5) is 0 Å². The third-order valence-electron chi connectivity index (χ3n) is 6.32. The molecule has 0 bridgehead atoms. The second kappa shape index (κ2) is 8.58. The number of methoxy groups -OCH3 is 3. The van der Waals surface area contributed by atoms with Crippen LogP contribution in [0.5, 0.6) is 17.2 Å². The SMILES string of the molecule is COc1cc(C(=O)N2CCC[C@H](c3onc4c3C[C@H](C)CC4)C2)cc(OC)c1OC. The number of carbonyl (C=O) groups is 1. The number of amides is 1. The number of likely N-dealkylation sites (tertiary alicyclic amines) is 1. The lowest BCUT2D eigenvalue weighted by molar-refractivity contribution is 0.0696. The average molecular weight is 415 g/mol. The van der Waals surface area contributed by atoms with Crippen molar-refractivity contribution >= 4 is 5.91 Å². The summed E-state index contributed by atoms with van der Waals surface area (Å²) >= 11 is 0. The summed E-state index contributed by atoms with van der Waals surface area (Å²) < 4.78 is 22.0. The highest BCUT2D eigenvalue weighted by molar-refractivity contribution is 5.95. The van der Waals surface area contributed by atoms with Crippen LogP contribution in [0.3, 0.4) is 0 Å². The second-order valence-electron chi connectivity index (χ2n) is 8.32. The number of nitrogens with zero attached hydrogens (tertiary/aromatic N) is 2. The Hall–Kier alpha value is -2.70. The lowest BCUT2D eigenvalue weighted by atomic mass is 9.84. The number of carbonyl (C=O) groups excluding carboxylic acids is 1. The Morgan fingerprint density at radius 3 is 2.53 bits per heavy atom. The molecule has 4 rings (SSSR count). The molecule has 0 unspecified atom stereocenters. The Labute approximate surface area is 177 Å². The fourth-order valence-electron chi connectivity index (χ4n) is 4.69. The first-order chi connectivity index (χ1) is 14.5. The number of aromatic nitrogens is 1. The van der Waals surface area contributed by atoms with Gasteiger partial charge in [-0.1, -0.05) is 12.1 Å². The standard InChI is InChI=1S/C23H30N2O5/c1-14-7-8-18-17(10-14)21(30-24-18)15-6-5-9-25(13-15)23(26)16-11-19(27-2)22(29-4)20(12-16)28-3/h11-12,14-15H,5-10,13H2,1-4H3/t14-,15+/m1/s1. The van der Waals surface area contributed by atoms with Crippen LogP contribution < -0.4 is 14.2 Å². The zero-order chi connectivity index (χ0) is 21.3. The first-order valence-corrected chi connectivity index (χ1v) is 10.6. The predicted molar refractivity (Wildman–Crippen MR) is 112 cm³/mol. The average Bonchev–Trinajstić information content (AvgIpc) is 3.20. The monoisotopic (exact) mass is 414 g/mol. The van der Waals surface area contributed by atoms with E-state index in [4.69, 9.17) is 18.7 Å². The van der Waals surface area contributed by atoms with Crippen molar-refractivity contribution in [2.45, 2.75) is 44.9 Å². The molecule has 30 heavy (non-hydrogen) atoms. The van der Waals surface area contributed by atoms with E-state index in [0.29, 0.717) is 35.3 Å². The molecule has 162 valence electrons. The number of fused-ring (bicyclic) bond motifs is 1. The zero-order valence-corrected chi connectivity index (χ0v) is 18.2. The van der Waals surface area contributed by atoms with Crippen molar-refractivity contribution in [1.29, 1.82) is 0 Å². The number of piperidine rings is 1. The lowest BCUT2D eigenvalue weighted by Gasteiger charge is -2.32. The third kappa shape index (κ3) is 3.73. The largest absolute Gasteiger partial charge is 0.493 e. The smallest absolute Gasteiger partial charge is 0.254 e. The lowest BCUT2D eigenvalue weighted by Crippen LogP contribution is -2.39. The first kappa shape index (κ1) is 20.6. The highest BCUT2D eigenvalue weighted by Gasteiger charge is 2.33. The Balaban J connectivity index is 1.57. The zero-order valence-electron chi connectivity index (χ0n) is 18.2. The number of benzene rings is 1. The minimum atomic E-state index is -0.0410. The summed E-state index contributed by atoms with van der Waals surface area (Å²) in [5.74, 6) is 3.22. The summed E-state index contributed by atoms with van der Waals surface area (Å²) in [4.78, 5) is 15.2. The molecule has 7 nitrogen and oxygen atoms in total. The summed E-state index contributed by atoms with van der Waals surface area (Å²) in [6.07, 6.45) is 5.11. The fraction of sp³-hybridized carbons (Fsp3) is 0.565. The van der Waals surface area contributed by atoms with Gasteiger partial charge >= 0.3 is 0 Å². The normalized spacial score (nSPS) is 21.1. The van der Waals surface area contributed by atoms with E-state index in [9.17, 15) is 4.79 Å². The van der Waals surface area contributed by atoms with Crippen LogP contribution in [0.1, 0.15) is 59.5 Å². The molecule has 2 aliphatic rings. The van der Waals surface area contributed by atoms with Gasteiger partial charge in [-0.05, 0) is 50.2 Å². The Morgan fingerprint density at radius 2 is 1.87 bits per heavy atom. The highest BCUT2D eigenvalue weighted by Crippen LogP contribution is 2.39. The van der Waals surface area contributed by atoms with E-state index in [1.807, 2.05) is 4.90 Å². The van der Waals surface area contributed by atoms with Crippen LogP contribution in [0.2, 0.25) is 0 Å². The van der Waals surface area contributed by atoms with Gasteiger partial charge in [0.2, 0.25) is 5.75 Å². The minimum absolute atomic E-state index is 0.0410. The van der Waals surface area contributed by atoms with Gasteiger partial charge in [0.25, 0.3) is 5.91 Å². The molecule has 1 aliphatic heterocycles. The predicted octanol–water partition coefficient (Wildman–Crippen LogP) is 3.85. The summed E-state index contributed by atoms with van der Waals surface area (Å²) in [6.45, 7) is 3.63. The molecule has 7 heteroatoms. The Morgan fingerprint density at radius 1 is 1.13 bits per heavy atom. The van der Waals surface area contributed by atoms with Crippen LogP contribution in [0.15, 0.2) is 16.7 Å². The summed E-state index contributed by atoms with van der Waals surface area (Å²) in [7, 11) is 4.66. The van der Waals surface area contributed by atoms with E-state index in [1.165, 1.54) is 5.56 Å². The number of hydrogen-bond donors (Lipinski definition) is 0. The van der Waals surface area contributed by atoms with Crippen LogP contribution in [-0.4, -0.2) is 50.4 Å². The molecular weight excluding hydrogens is 384 g/mol. The molecule has 2 aromatic rings. The van der Waals surface area contributed by atoms with Crippen LogP contribution in [-0.2, 0) is 12.8 Å². The van der Waals surface area contributed by atoms with Gasteiger partial charge in [-0.25, -0.2) is 0 Å². The molecule has 0 N–H and O–H groups in total. The van der Waals surface area contributed by atoms with Crippen molar-refractivity contribution in [3.63, 3.8) is 0 Å². The molecule has 1 aromatic carbocycles. The van der Waals surface area contributed by atoms with Crippen molar-refractivity contribution < 1.29 is 23.5 Å². The van der Waals surface area contributed by atoms with Crippen molar-refractivity contribution in [3.05, 3.63) is 34.7 Å². The van der Waals surface area contributed by atoms with E-state index < -0.39 is 0 Å². The third-order valence-corrected chi connectivity index (χ3v) is 6.32. The number of hydrogen-bond acceptors (Lipinski definition) is 6. The summed E-state index contributed by atoms with van der Waals surface area (Å²) in [5, 5.41) is 4.33. The van der Waals surface area contributed by atoms with Gasteiger partial charge in [-0.3, -0.25) is 4.79 Å². The molecule has 2 heterocycles. The molecule has 1 fully saturated rings. The molecule has 1 aromatic heterocycles. The molecule has 2 atom stereocenters. The van der Waals surface area contributed by atoms with Crippen LogP contribution in [0.25, 0.3) is 0 Å². The van der Waals surface area contributed by atoms with E-state index in [0.717, 1.165) is 50.1 Å². The van der Waals surface area contributed by atoms with Gasteiger partial charge < -0.3 is 23.6 Å². The molecule has 1 saturated heterocycles. The van der Waals surface area contributed by atoms with Gasteiger partial charge in [0, 0.05) is 30.1 Å². The number of aryl methyl sites for hydroxylation is 1. The second-order valence-corrected chi connectivity index (χ2v) is 8.32. The van der Waals surface area contributed by atoms with Gasteiger partial charge in [-0.15, -0.1) is 0 Å². The first-order valence-electron chi connectivity index (χ1n) is 10.6. The van der Waals surface area contributed by atoms with Gasteiger partial charge in [-0.2, -0.15) is 0 Å². The van der Waals surface area contributed by atoms with Crippen molar-refractivity contribution in [1.82, 2.24) is 10.1 Å². The Kier molecular flexibility index (Phi) is 5.88. The molecule has 0 spiro atoms. The van der Waals surface area contributed by atoms with Gasteiger partial charge in [0.1, 0.15) is 5.76 Å². The topological polar surface area (TPSA) is 74.0 Å². The Bertz CT molecular complexity index is 897. The molecule has 0 saturated carbocycles. The maximum Gasteiger partial charge on any atom is 0.254 e. The maximum absolute atomic E-state index is 13.3. The van der Waals surface area contributed by atoms with Crippen LogP contribution in [0, 0.1) is 5.92 Å². The van der Waals surface area contributed by atoms with Crippen molar-refractivity contribution in [2.75, 3.05) is 34.4 Å². The van der Waals surface area contributed by atoms with E-state index in [1.54, 1.807) is 33.5 Å². The molecule has 1 aliphatic carbocycles. The van der Waals surface area contributed by atoms with Gasteiger partial charge in [0.05, 0.1) is 27.0 Å².